The Morgan fingerprint density at radius 2 is 1.08 bits per heavy atom. The Kier molecular flexibility index (Phi) is 5.64. The third kappa shape index (κ3) is 3.91. The molecule has 5 aromatic carbocycles. The summed E-state index contributed by atoms with van der Waals surface area (Å²) in [5.74, 6) is 0. The summed E-state index contributed by atoms with van der Waals surface area (Å²) in [6, 6.07) is 47.7. The molecule has 6 aromatic rings. The predicted octanol–water partition coefficient (Wildman–Crippen LogP) is 9.73. The molecule has 0 atom stereocenters. The molecule has 0 unspecified atom stereocenters. The fraction of sp³-hybridized carbons (Fsp3) is 0.0556. The van der Waals surface area contributed by atoms with E-state index in [1.807, 2.05) is 0 Å². The summed E-state index contributed by atoms with van der Waals surface area (Å²) in [5.41, 5.74) is 11.1. The minimum atomic E-state index is 1.10. The normalized spacial score (nSPS) is 12.4. The third-order valence-electron chi connectivity index (χ3n) is 7.47. The average molecular weight is 489 g/mol. The van der Waals surface area contributed by atoms with Crippen LogP contribution < -0.4 is 4.90 Å². The Labute approximate surface area is 223 Å². The fourth-order valence-corrected chi connectivity index (χ4v) is 5.67. The van der Waals surface area contributed by atoms with Crippen molar-refractivity contribution in [2.24, 2.45) is 0 Å². The molecule has 1 aliphatic carbocycles. The van der Waals surface area contributed by atoms with E-state index in [1.54, 1.807) is 0 Å². The highest BCUT2D eigenvalue weighted by Gasteiger charge is 2.18. The van der Waals surface area contributed by atoms with Gasteiger partial charge in [0.2, 0.25) is 0 Å². The van der Waals surface area contributed by atoms with Gasteiger partial charge in [-0.25, -0.2) is 0 Å². The average Bonchev–Trinajstić information content (AvgIpc) is 3.33. The van der Waals surface area contributed by atoms with Crippen molar-refractivity contribution in [1.29, 1.82) is 0 Å². The molecular formula is C36H28N2. The second-order valence-electron chi connectivity index (χ2n) is 9.76. The highest BCUT2D eigenvalue weighted by Crippen LogP contribution is 2.36. The molecule has 0 spiro atoms. The molecular weight excluding hydrogens is 460 g/mol. The van der Waals surface area contributed by atoms with Gasteiger partial charge < -0.3 is 9.47 Å². The lowest BCUT2D eigenvalue weighted by Gasteiger charge is -2.25. The molecule has 1 heterocycles. The maximum absolute atomic E-state index is 2.41. The summed E-state index contributed by atoms with van der Waals surface area (Å²) < 4.78 is 2.41. The number of hydrogen-bond acceptors (Lipinski definition) is 1. The van der Waals surface area contributed by atoms with Crippen LogP contribution in [-0.2, 0) is 6.42 Å². The number of para-hydroxylation sites is 3. The first-order valence-corrected chi connectivity index (χ1v) is 13.3. The van der Waals surface area contributed by atoms with Crippen LogP contribution in [-0.4, -0.2) is 4.57 Å². The third-order valence-corrected chi connectivity index (χ3v) is 7.47. The van der Waals surface area contributed by atoms with Crippen LogP contribution in [0.3, 0.4) is 0 Å². The number of allylic oxidation sites excluding steroid dienone is 1. The van der Waals surface area contributed by atoms with Gasteiger partial charge in [0.05, 0.1) is 5.52 Å². The first-order valence-electron chi connectivity index (χ1n) is 13.3. The Morgan fingerprint density at radius 1 is 0.526 bits per heavy atom. The van der Waals surface area contributed by atoms with Gasteiger partial charge in [-0.2, -0.15) is 0 Å². The van der Waals surface area contributed by atoms with Gasteiger partial charge in [-0.05, 0) is 90.2 Å². The second-order valence-corrected chi connectivity index (χ2v) is 9.76. The Balaban J connectivity index is 1.23. The van der Waals surface area contributed by atoms with Crippen molar-refractivity contribution in [3.05, 3.63) is 151 Å². The van der Waals surface area contributed by atoms with E-state index >= 15 is 0 Å². The molecule has 38 heavy (non-hydrogen) atoms. The lowest BCUT2D eigenvalue weighted by atomic mass is 10.0. The number of benzene rings is 5. The van der Waals surface area contributed by atoms with Gasteiger partial charge in [-0.15, -0.1) is 0 Å². The maximum Gasteiger partial charge on any atom is 0.0537 e. The fourth-order valence-electron chi connectivity index (χ4n) is 5.67. The van der Waals surface area contributed by atoms with Crippen LogP contribution >= 0.6 is 0 Å². The Morgan fingerprint density at radius 3 is 1.74 bits per heavy atom. The summed E-state index contributed by atoms with van der Waals surface area (Å²) in [6.45, 7) is 0. The van der Waals surface area contributed by atoms with E-state index in [0.717, 1.165) is 29.9 Å². The number of hydrogen-bond donors (Lipinski definition) is 0. The van der Waals surface area contributed by atoms with Gasteiger partial charge >= 0.3 is 0 Å². The topological polar surface area (TPSA) is 8.17 Å². The number of anilines is 3. The van der Waals surface area contributed by atoms with E-state index in [0.29, 0.717) is 0 Å². The molecule has 1 aromatic heterocycles. The smallest absolute Gasteiger partial charge is 0.0537 e. The van der Waals surface area contributed by atoms with E-state index in [1.165, 1.54) is 39.0 Å². The zero-order valence-electron chi connectivity index (χ0n) is 21.2. The van der Waals surface area contributed by atoms with Crippen LogP contribution in [0.15, 0.2) is 140 Å². The van der Waals surface area contributed by atoms with E-state index in [9.17, 15) is 0 Å². The van der Waals surface area contributed by atoms with Gasteiger partial charge in [0.15, 0.2) is 0 Å². The standard InChI is InChI=1S/C36H28N2/c1-3-11-29(12-4-1)37(30-13-5-2-6-14-30)31-23-19-27(20-24-31)28-21-25-32(26-22-28)38-35-17-9-7-15-33(35)34-16-8-10-18-36(34)38/h1-7,9-15,17-26H,8,16H2. The monoisotopic (exact) mass is 488 g/mol. The van der Waals surface area contributed by atoms with Gasteiger partial charge in [-0.3, -0.25) is 0 Å². The highest BCUT2D eigenvalue weighted by atomic mass is 15.1. The second kappa shape index (κ2) is 9.57. The van der Waals surface area contributed by atoms with E-state index in [4.69, 9.17) is 0 Å². The summed E-state index contributed by atoms with van der Waals surface area (Å²) in [5, 5.41) is 1.37. The van der Waals surface area contributed by atoms with Crippen LogP contribution in [0, 0.1) is 0 Å². The molecule has 0 aliphatic heterocycles. The molecule has 0 N–H and O–H groups in total. The van der Waals surface area contributed by atoms with Crippen LogP contribution in [0.5, 0.6) is 0 Å². The summed E-state index contributed by atoms with van der Waals surface area (Å²) in [7, 11) is 0. The lowest BCUT2D eigenvalue weighted by Crippen LogP contribution is -2.09. The van der Waals surface area contributed by atoms with Crippen molar-refractivity contribution >= 4 is 34.0 Å². The number of nitrogens with zero attached hydrogens (tertiary/aromatic N) is 2. The van der Waals surface area contributed by atoms with Gasteiger partial charge in [0.25, 0.3) is 0 Å². The zero-order chi connectivity index (χ0) is 25.3. The molecule has 0 radical (unpaired) electrons. The Hall–Kier alpha value is -4.82. The van der Waals surface area contributed by atoms with Gasteiger partial charge in [0, 0.05) is 33.8 Å². The molecule has 182 valence electrons. The predicted molar refractivity (Wildman–Crippen MR) is 161 cm³/mol. The highest BCUT2D eigenvalue weighted by molar-refractivity contribution is 5.90. The number of aromatic nitrogens is 1. The minimum absolute atomic E-state index is 1.10. The van der Waals surface area contributed by atoms with Crippen molar-refractivity contribution in [2.45, 2.75) is 12.8 Å². The molecule has 7 rings (SSSR count). The van der Waals surface area contributed by atoms with Crippen molar-refractivity contribution in [3.8, 4) is 16.8 Å². The molecule has 1 aliphatic rings. The summed E-state index contributed by atoms with van der Waals surface area (Å²) in [4.78, 5) is 2.29. The zero-order valence-corrected chi connectivity index (χ0v) is 21.2. The molecule has 0 bridgehead atoms. The SMILES string of the molecule is C1=Cc2c(c3ccccc3n2-c2ccc(-c3ccc(N(c4ccccc4)c4ccccc4)cc3)cc2)CC1. The minimum Gasteiger partial charge on any atom is -0.311 e. The number of fused-ring (bicyclic) bond motifs is 3. The molecule has 0 amide bonds. The van der Waals surface area contributed by atoms with Crippen LogP contribution in [0.2, 0.25) is 0 Å². The Bertz CT molecular complexity index is 1690. The molecule has 2 heteroatoms. The van der Waals surface area contributed by atoms with E-state index in [-0.39, 0.29) is 0 Å². The largest absolute Gasteiger partial charge is 0.311 e. The maximum atomic E-state index is 2.41. The van der Waals surface area contributed by atoms with E-state index < -0.39 is 0 Å². The van der Waals surface area contributed by atoms with Crippen LogP contribution in [0.25, 0.3) is 33.8 Å². The van der Waals surface area contributed by atoms with Crippen LogP contribution in [0.4, 0.5) is 17.1 Å². The lowest BCUT2D eigenvalue weighted by molar-refractivity contribution is 0.967. The van der Waals surface area contributed by atoms with Crippen molar-refractivity contribution < 1.29 is 0 Å². The quantitative estimate of drug-likeness (QED) is 0.234. The summed E-state index contributed by atoms with van der Waals surface area (Å²) >= 11 is 0. The first-order chi connectivity index (χ1) is 18.9. The summed E-state index contributed by atoms with van der Waals surface area (Å²) in [6.07, 6.45) is 6.80. The van der Waals surface area contributed by atoms with Crippen molar-refractivity contribution in [2.75, 3.05) is 4.90 Å². The van der Waals surface area contributed by atoms with E-state index in [2.05, 4.69) is 155 Å². The van der Waals surface area contributed by atoms with Crippen molar-refractivity contribution in [1.82, 2.24) is 4.57 Å². The molecule has 0 saturated heterocycles. The molecule has 2 nitrogen and oxygen atoms in total. The van der Waals surface area contributed by atoms with Crippen molar-refractivity contribution in [3.63, 3.8) is 0 Å². The van der Waals surface area contributed by atoms with Gasteiger partial charge in [-0.1, -0.05) is 84.9 Å². The molecule has 0 saturated carbocycles. The number of rotatable bonds is 5. The number of aryl methyl sites for hydroxylation is 1. The van der Waals surface area contributed by atoms with Gasteiger partial charge in [0.1, 0.15) is 0 Å². The first kappa shape index (κ1) is 22.4. The molecule has 0 fully saturated rings. The van der Waals surface area contributed by atoms with Crippen LogP contribution in [0.1, 0.15) is 17.7 Å².